The third-order valence-electron chi connectivity index (χ3n) is 3.29. The van der Waals surface area contributed by atoms with Crippen molar-refractivity contribution in [2.24, 2.45) is 0 Å². The Morgan fingerprint density at radius 3 is 2.75 bits per heavy atom. The molecular weight excluding hydrogens is 266 g/mol. The summed E-state index contributed by atoms with van der Waals surface area (Å²) in [4.78, 5) is 24.8. The maximum atomic E-state index is 13.1. The van der Waals surface area contributed by atoms with Gasteiger partial charge in [0.2, 0.25) is 5.91 Å². The highest BCUT2D eigenvalue weighted by atomic mass is 19.2. The smallest absolute Gasteiger partial charge is 0.217 e. The van der Waals surface area contributed by atoms with Gasteiger partial charge in [0.25, 0.3) is 0 Å². The molecule has 0 bridgehead atoms. The van der Waals surface area contributed by atoms with E-state index in [9.17, 15) is 18.4 Å². The molecule has 0 spiro atoms. The van der Waals surface area contributed by atoms with E-state index in [2.05, 4.69) is 5.32 Å². The van der Waals surface area contributed by atoms with Crippen LogP contribution in [0.25, 0.3) is 0 Å². The Labute approximate surface area is 115 Å². The Morgan fingerprint density at radius 1 is 1.35 bits per heavy atom. The van der Waals surface area contributed by atoms with Crippen molar-refractivity contribution in [2.45, 2.75) is 19.4 Å². The van der Waals surface area contributed by atoms with Crippen LogP contribution in [0, 0.1) is 11.6 Å². The van der Waals surface area contributed by atoms with E-state index in [0.29, 0.717) is 13.1 Å². The molecule has 0 aromatic heterocycles. The summed E-state index contributed by atoms with van der Waals surface area (Å²) in [6.45, 7) is 2.88. The van der Waals surface area contributed by atoms with E-state index >= 15 is 0 Å². The number of benzene rings is 1. The van der Waals surface area contributed by atoms with Crippen molar-refractivity contribution in [3.05, 3.63) is 35.4 Å². The fraction of sp³-hybridized carbons (Fsp3) is 0.429. The molecule has 0 radical (unpaired) electrons. The Balaban J connectivity index is 1.92. The predicted molar refractivity (Wildman–Crippen MR) is 69.4 cm³/mol. The molecule has 0 aliphatic carbocycles. The summed E-state index contributed by atoms with van der Waals surface area (Å²) in [7, 11) is 0. The average Bonchev–Trinajstić information content (AvgIpc) is 2.79. The molecule has 1 heterocycles. The van der Waals surface area contributed by atoms with Crippen molar-refractivity contribution >= 4 is 11.7 Å². The summed E-state index contributed by atoms with van der Waals surface area (Å²) >= 11 is 0. The van der Waals surface area contributed by atoms with Crippen molar-refractivity contribution in [1.29, 1.82) is 0 Å². The van der Waals surface area contributed by atoms with E-state index in [4.69, 9.17) is 0 Å². The van der Waals surface area contributed by atoms with E-state index < -0.39 is 11.6 Å². The summed E-state index contributed by atoms with van der Waals surface area (Å²) < 4.78 is 25.9. The van der Waals surface area contributed by atoms with E-state index in [1.54, 1.807) is 0 Å². The number of amides is 1. The first-order valence-corrected chi connectivity index (χ1v) is 6.43. The average molecular weight is 282 g/mol. The lowest BCUT2D eigenvalue weighted by molar-refractivity contribution is -0.119. The number of halogens is 2. The Morgan fingerprint density at radius 2 is 2.10 bits per heavy atom. The number of rotatable bonds is 4. The van der Waals surface area contributed by atoms with Gasteiger partial charge in [-0.2, -0.15) is 0 Å². The first-order chi connectivity index (χ1) is 9.45. The second-order valence-corrected chi connectivity index (χ2v) is 4.97. The van der Waals surface area contributed by atoms with Crippen LogP contribution in [0.2, 0.25) is 0 Å². The SMILES string of the molecule is CC(=O)NC1CCN(CC(=O)c2ccc(F)c(F)c2)C1. The summed E-state index contributed by atoms with van der Waals surface area (Å²) in [5, 5.41) is 2.80. The van der Waals surface area contributed by atoms with Crippen molar-refractivity contribution in [2.75, 3.05) is 19.6 Å². The minimum Gasteiger partial charge on any atom is -0.352 e. The molecule has 1 unspecified atom stereocenters. The molecule has 2 rings (SSSR count). The van der Waals surface area contributed by atoms with E-state index in [-0.39, 0.29) is 29.8 Å². The maximum absolute atomic E-state index is 13.1. The zero-order valence-corrected chi connectivity index (χ0v) is 11.2. The summed E-state index contributed by atoms with van der Waals surface area (Å²) in [6, 6.07) is 3.19. The lowest BCUT2D eigenvalue weighted by Gasteiger charge is -2.15. The molecule has 0 saturated carbocycles. The normalized spacial score (nSPS) is 19.1. The standard InChI is InChI=1S/C14H16F2N2O2/c1-9(19)17-11-4-5-18(7-11)8-14(20)10-2-3-12(15)13(16)6-10/h2-3,6,11H,4-5,7-8H2,1H3,(H,17,19). The third kappa shape index (κ3) is 3.60. The van der Waals surface area contributed by atoms with Gasteiger partial charge in [0, 0.05) is 31.6 Å². The fourth-order valence-corrected chi connectivity index (χ4v) is 2.35. The molecule has 4 nitrogen and oxygen atoms in total. The molecule has 1 aromatic carbocycles. The largest absolute Gasteiger partial charge is 0.352 e. The lowest BCUT2D eigenvalue weighted by atomic mass is 10.1. The van der Waals surface area contributed by atoms with Crippen LogP contribution in [-0.2, 0) is 4.79 Å². The van der Waals surface area contributed by atoms with Crippen LogP contribution < -0.4 is 5.32 Å². The molecule has 1 atom stereocenters. The van der Waals surface area contributed by atoms with Gasteiger partial charge in [0.15, 0.2) is 17.4 Å². The van der Waals surface area contributed by atoms with Crippen LogP contribution in [0.15, 0.2) is 18.2 Å². The molecule has 1 amide bonds. The minimum absolute atomic E-state index is 0.0465. The van der Waals surface area contributed by atoms with Gasteiger partial charge in [-0.25, -0.2) is 8.78 Å². The number of likely N-dealkylation sites (tertiary alicyclic amines) is 1. The van der Waals surface area contributed by atoms with Crippen LogP contribution in [-0.4, -0.2) is 42.3 Å². The van der Waals surface area contributed by atoms with Gasteiger partial charge in [0.05, 0.1) is 6.54 Å². The zero-order chi connectivity index (χ0) is 14.7. The second kappa shape index (κ2) is 6.09. The molecule has 1 aromatic rings. The molecule has 1 fully saturated rings. The van der Waals surface area contributed by atoms with Gasteiger partial charge < -0.3 is 5.32 Å². The van der Waals surface area contributed by atoms with Crippen LogP contribution in [0.4, 0.5) is 8.78 Å². The van der Waals surface area contributed by atoms with Gasteiger partial charge in [-0.15, -0.1) is 0 Å². The van der Waals surface area contributed by atoms with Crippen molar-refractivity contribution in [1.82, 2.24) is 10.2 Å². The monoisotopic (exact) mass is 282 g/mol. The van der Waals surface area contributed by atoms with Crippen LogP contribution in [0.5, 0.6) is 0 Å². The highest BCUT2D eigenvalue weighted by Crippen LogP contribution is 2.13. The van der Waals surface area contributed by atoms with Crippen molar-refractivity contribution in [3.8, 4) is 0 Å². The summed E-state index contributed by atoms with van der Waals surface area (Å²) in [5.41, 5.74) is 0.159. The van der Waals surface area contributed by atoms with E-state index in [1.807, 2.05) is 4.90 Å². The number of hydrogen-bond acceptors (Lipinski definition) is 3. The molecule has 20 heavy (non-hydrogen) atoms. The molecular formula is C14H16F2N2O2. The van der Waals surface area contributed by atoms with E-state index in [0.717, 1.165) is 18.6 Å². The summed E-state index contributed by atoms with van der Waals surface area (Å²) in [5.74, 6) is -2.34. The molecule has 108 valence electrons. The van der Waals surface area contributed by atoms with Crippen molar-refractivity contribution in [3.63, 3.8) is 0 Å². The van der Waals surface area contributed by atoms with Crippen LogP contribution >= 0.6 is 0 Å². The Kier molecular flexibility index (Phi) is 4.44. The van der Waals surface area contributed by atoms with Crippen LogP contribution in [0.3, 0.4) is 0 Å². The number of hydrogen-bond donors (Lipinski definition) is 1. The number of Topliss-reactive ketones (excluding diaryl/α,β-unsaturated/α-hetero) is 1. The number of carbonyl (C=O) groups is 2. The first kappa shape index (κ1) is 14.6. The molecule has 1 N–H and O–H groups in total. The van der Waals surface area contributed by atoms with Gasteiger partial charge >= 0.3 is 0 Å². The number of nitrogens with one attached hydrogen (secondary N) is 1. The second-order valence-electron chi connectivity index (χ2n) is 4.97. The Hall–Kier alpha value is -1.82. The number of nitrogens with zero attached hydrogens (tertiary/aromatic N) is 1. The topological polar surface area (TPSA) is 49.4 Å². The molecule has 1 aliphatic heterocycles. The summed E-state index contributed by atoms with van der Waals surface area (Å²) in [6.07, 6.45) is 0.782. The van der Waals surface area contributed by atoms with Gasteiger partial charge in [-0.05, 0) is 24.6 Å². The highest BCUT2D eigenvalue weighted by molar-refractivity contribution is 5.97. The molecule has 6 heteroatoms. The Bertz CT molecular complexity index is 534. The fourth-order valence-electron chi connectivity index (χ4n) is 2.35. The van der Waals surface area contributed by atoms with E-state index in [1.165, 1.54) is 13.0 Å². The molecule has 1 saturated heterocycles. The molecule has 1 aliphatic rings. The lowest BCUT2D eigenvalue weighted by Crippen LogP contribution is -2.36. The zero-order valence-electron chi connectivity index (χ0n) is 11.2. The van der Waals surface area contributed by atoms with Crippen LogP contribution in [0.1, 0.15) is 23.7 Å². The van der Waals surface area contributed by atoms with Gasteiger partial charge in [0.1, 0.15) is 0 Å². The first-order valence-electron chi connectivity index (χ1n) is 6.43. The van der Waals surface area contributed by atoms with Gasteiger partial charge in [-0.1, -0.05) is 0 Å². The van der Waals surface area contributed by atoms with Gasteiger partial charge in [-0.3, -0.25) is 14.5 Å². The quantitative estimate of drug-likeness (QED) is 0.848. The predicted octanol–water partition coefficient (Wildman–Crippen LogP) is 1.36. The van der Waals surface area contributed by atoms with Crippen molar-refractivity contribution < 1.29 is 18.4 Å². The number of carbonyl (C=O) groups excluding carboxylic acids is 2. The number of ketones is 1. The highest BCUT2D eigenvalue weighted by Gasteiger charge is 2.25. The maximum Gasteiger partial charge on any atom is 0.217 e. The minimum atomic E-state index is -1.02. The third-order valence-corrected chi connectivity index (χ3v) is 3.29.